The molecule has 0 saturated heterocycles. The van der Waals surface area contributed by atoms with Gasteiger partial charge in [-0.05, 0) is 30.7 Å². The van der Waals surface area contributed by atoms with E-state index in [9.17, 15) is 17.6 Å². The Morgan fingerprint density at radius 2 is 2.04 bits per heavy atom. The molecule has 1 aromatic heterocycles. The largest absolute Gasteiger partial charge is 0.301 e. The molecular weight excluding hydrogens is 353 g/mol. The number of nitrogens with one attached hydrogen (secondary N) is 1. The zero-order valence-corrected chi connectivity index (χ0v) is 14.7. The highest BCUT2D eigenvalue weighted by molar-refractivity contribution is 7.89. The average Bonchev–Trinajstić information content (AvgIpc) is 3.04. The standard InChI is InChI=1S/C15H18FN3O3S2/c1-2-3-9-19(11-14(20)18-15-17-8-10-23-15)24(21,22)13-6-4-12(16)5-7-13/h4-8,10H,2-3,9,11H2,1H3,(H,17,18,20). The van der Waals surface area contributed by atoms with E-state index >= 15 is 0 Å². The van der Waals surface area contributed by atoms with Crippen LogP contribution in [-0.2, 0) is 14.8 Å². The van der Waals surface area contributed by atoms with E-state index in [0.29, 0.717) is 11.6 Å². The summed E-state index contributed by atoms with van der Waals surface area (Å²) in [6.45, 7) is 1.82. The number of thiazole rings is 1. The van der Waals surface area contributed by atoms with Gasteiger partial charge in [-0.15, -0.1) is 11.3 Å². The van der Waals surface area contributed by atoms with Gasteiger partial charge in [0.25, 0.3) is 0 Å². The molecule has 0 aliphatic heterocycles. The number of anilines is 1. The summed E-state index contributed by atoms with van der Waals surface area (Å²) in [5.41, 5.74) is 0. The molecule has 6 nitrogen and oxygen atoms in total. The average molecular weight is 371 g/mol. The van der Waals surface area contributed by atoms with Crippen LogP contribution in [0.3, 0.4) is 0 Å². The predicted molar refractivity (Wildman–Crippen MR) is 90.8 cm³/mol. The first kappa shape index (κ1) is 18.5. The maximum atomic E-state index is 13.0. The van der Waals surface area contributed by atoms with Crippen molar-refractivity contribution in [1.29, 1.82) is 0 Å². The number of benzene rings is 1. The fourth-order valence-electron chi connectivity index (χ4n) is 1.98. The van der Waals surface area contributed by atoms with Gasteiger partial charge >= 0.3 is 0 Å². The van der Waals surface area contributed by atoms with Crippen molar-refractivity contribution in [1.82, 2.24) is 9.29 Å². The van der Waals surface area contributed by atoms with Crippen molar-refractivity contribution in [3.63, 3.8) is 0 Å². The van der Waals surface area contributed by atoms with E-state index in [2.05, 4.69) is 10.3 Å². The molecule has 0 radical (unpaired) electrons. The Labute approximate surface area is 144 Å². The number of halogens is 1. The van der Waals surface area contributed by atoms with Crippen LogP contribution >= 0.6 is 11.3 Å². The van der Waals surface area contributed by atoms with E-state index in [-0.39, 0.29) is 18.0 Å². The van der Waals surface area contributed by atoms with Crippen molar-refractivity contribution in [2.24, 2.45) is 0 Å². The molecule has 24 heavy (non-hydrogen) atoms. The van der Waals surface area contributed by atoms with Gasteiger partial charge in [-0.25, -0.2) is 17.8 Å². The minimum atomic E-state index is -3.88. The van der Waals surface area contributed by atoms with Gasteiger partial charge in [0.15, 0.2) is 5.13 Å². The summed E-state index contributed by atoms with van der Waals surface area (Å²) in [6, 6.07) is 4.56. The van der Waals surface area contributed by atoms with E-state index in [1.165, 1.54) is 23.5 Å². The van der Waals surface area contributed by atoms with Gasteiger partial charge in [0.05, 0.1) is 11.4 Å². The number of hydrogen-bond donors (Lipinski definition) is 1. The summed E-state index contributed by atoms with van der Waals surface area (Å²) >= 11 is 1.25. The highest BCUT2D eigenvalue weighted by Gasteiger charge is 2.26. The molecule has 1 aromatic carbocycles. The Bertz CT molecular complexity index is 762. The molecule has 0 fully saturated rings. The van der Waals surface area contributed by atoms with Crippen LogP contribution in [0, 0.1) is 5.82 Å². The molecule has 0 bridgehead atoms. The van der Waals surface area contributed by atoms with E-state index < -0.39 is 21.7 Å². The normalized spacial score (nSPS) is 11.6. The third kappa shape index (κ3) is 4.83. The van der Waals surface area contributed by atoms with E-state index in [0.717, 1.165) is 22.9 Å². The number of carbonyl (C=O) groups is 1. The van der Waals surface area contributed by atoms with Gasteiger partial charge < -0.3 is 5.32 Å². The van der Waals surface area contributed by atoms with Crippen LogP contribution in [0.25, 0.3) is 0 Å². The van der Waals surface area contributed by atoms with Crippen LogP contribution in [0.1, 0.15) is 19.8 Å². The topological polar surface area (TPSA) is 79.4 Å². The predicted octanol–water partition coefficient (Wildman–Crippen LogP) is 2.71. The lowest BCUT2D eigenvalue weighted by atomic mass is 10.3. The molecule has 0 spiro atoms. The summed E-state index contributed by atoms with van der Waals surface area (Å²) in [7, 11) is -3.88. The molecule has 2 aromatic rings. The summed E-state index contributed by atoms with van der Waals surface area (Å²) in [5, 5.41) is 4.68. The number of amides is 1. The van der Waals surface area contributed by atoms with Gasteiger partial charge in [-0.2, -0.15) is 4.31 Å². The van der Waals surface area contributed by atoms with Crippen molar-refractivity contribution in [3.05, 3.63) is 41.7 Å². The summed E-state index contributed by atoms with van der Waals surface area (Å²) in [4.78, 5) is 16.0. The second-order valence-corrected chi connectivity index (χ2v) is 7.86. The number of aromatic nitrogens is 1. The first-order valence-electron chi connectivity index (χ1n) is 7.38. The Hall–Kier alpha value is -1.84. The van der Waals surface area contributed by atoms with E-state index in [1.54, 1.807) is 11.6 Å². The number of nitrogens with zero attached hydrogens (tertiary/aromatic N) is 2. The number of sulfonamides is 1. The number of rotatable bonds is 8. The lowest BCUT2D eigenvalue weighted by molar-refractivity contribution is -0.116. The zero-order chi connectivity index (χ0) is 17.6. The second-order valence-electron chi connectivity index (χ2n) is 5.03. The maximum Gasteiger partial charge on any atom is 0.243 e. The van der Waals surface area contributed by atoms with Gasteiger partial charge in [0, 0.05) is 18.1 Å². The van der Waals surface area contributed by atoms with Gasteiger partial charge in [-0.3, -0.25) is 4.79 Å². The van der Waals surface area contributed by atoms with Crippen LogP contribution in [0.5, 0.6) is 0 Å². The monoisotopic (exact) mass is 371 g/mol. The zero-order valence-electron chi connectivity index (χ0n) is 13.1. The van der Waals surface area contributed by atoms with Crippen LogP contribution < -0.4 is 5.32 Å². The van der Waals surface area contributed by atoms with Crippen molar-refractivity contribution >= 4 is 32.4 Å². The van der Waals surface area contributed by atoms with Crippen molar-refractivity contribution in [3.8, 4) is 0 Å². The molecule has 0 unspecified atom stereocenters. The molecule has 1 heterocycles. The first-order valence-corrected chi connectivity index (χ1v) is 9.70. The Morgan fingerprint density at radius 1 is 1.33 bits per heavy atom. The molecule has 0 aliphatic carbocycles. The summed E-state index contributed by atoms with van der Waals surface area (Å²) in [5.74, 6) is -0.984. The summed E-state index contributed by atoms with van der Waals surface area (Å²) < 4.78 is 39.5. The fourth-order valence-corrected chi connectivity index (χ4v) is 3.96. The minimum Gasteiger partial charge on any atom is -0.301 e. The van der Waals surface area contributed by atoms with Crippen LogP contribution in [0.15, 0.2) is 40.7 Å². The van der Waals surface area contributed by atoms with Crippen LogP contribution in [-0.4, -0.2) is 36.7 Å². The smallest absolute Gasteiger partial charge is 0.243 e. The highest BCUT2D eigenvalue weighted by atomic mass is 32.2. The quantitative estimate of drug-likeness (QED) is 0.774. The maximum absolute atomic E-state index is 13.0. The van der Waals surface area contributed by atoms with E-state index in [4.69, 9.17) is 0 Å². The van der Waals surface area contributed by atoms with Crippen molar-refractivity contribution in [2.45, 2.75) is 24.7 Å². The molecule has 0 saturated carbocycles. The molecule has 0 aliphatic rings. The molecule has 9 heteroatoms. The fraction of sp³-hybridized carbons (Fsp3) is 0.333. The molecular formula is C15H18FN3O3S2. The molecule has 1 N–H and O–H groups in total. The lowest BCUT2D eigenvalue weighted by Crippen LogP contribution is -2.38. The SMILES string of the molecule is CCCCN(CC(=O)Nc1nccs1)S(=O)(=O)c1ccc(F)cc1. The van der Waals surface area contributed by atoms with Gasteiger partial charge in [0.1, 0.15) is 5.82 Å². The number of unbranched alkanes of at least 4 members (excludes halogenated alkanes) is 1. The Morgan fingerprint density at radius 3 is 2.62 bits per heavy atom. The highest BCUT2D eigenvalue weighted by Crippen LogP contribution is 2.17. The van der Waals surface area contributed by atoms with Crippen LogP contribution in [0.2, 0.25) is 0 Å². The number of hydrogen-bond acceptors (Lipinski definition) is 5. The van der Waals surface area contributed by atoms with Crippen molar-refractivity contribution in [2.75, 3.05) is 18.4 Å². The molecule has 130 valence electrons. The van der Waals surface area contributed by atoms with Gasteiger partial charge in [0.2, 0.25) is 15.9 Å². The van der Waals surface area contributed by atoms with Gasteiger partial charge in [-0.1, -0.05) is 13.3 Å². The first-order chi connectivity index (χ1) is 11.4. The van der Waals surface area contributed by atoms with Crippen molar-refractivity contribution < 1.29 is 17.6 Å². The van der Waals surface area contributed by atoms with E-state index in [1.807, 2.05) is 6.92 Å². The molecule has 2 rings (SSSR count). The Kier molecular flexibility index (Phi) is 6.41. The third-order valence-corrected chi connectivity index (χ3v) is 5.76. The number of carbonyl (C=O) groups excluding carboxylic acids is 1. The second kappa shape index (κ2) is 8.32. The Balaban J connectivity index is 2.16. The summed E-state index contributed by atoms with van der Waals surface area (Å²) in [6.07, 6.45) is 2.94. The van der Waals surface area contributed by atoms with Crippen LogP contribution in [0.4, 0.5) is 9.52 Å². The molecule has 1 amide bonds. The third-order valence-electron chi connectivity index (χ3n) is 3.21. The minimum absolute atomic E-state index is 0.0398. The lowest BCUT2D eigenvalue weighted by Gasteiger charge is -2.21. The molecule has 0 atom stereocenters.